The number of ether oxygens (including phenoxy) is 1. The van der Waals surface area contributed by atoms with Gasteiger partial charge in [0, 0.05) is 17.5 Å². The topological polar surface area (TPSA) is 46.6 Å². The standard InChI is InChI=1S/C14H17NO3S/c1-18-14(17)12-6-2-3-9-15(12)13(16)8-7-11-5-4-10-19-11/h4-5,7-8,10,12H,2-3,6,9H2,1H3/b8-7+/t12-/m0/s1. The number of likely N-dealkylation sites (tertiary alicyclic amines) is 1. The van der Waals surface area contributed by atoms with Gasteiger partial charge in [0.05, 0.1) is 7.11 Å². The van der Waals surface area contributed by atoms with Crippen LogP contribution >= 0.6 is 11.3 Å². The van der Waals surface area contributed by atoms with E-state index in [4.69, 9.17) is 4.74 Å². The van der Waals surface area contributed by atoms with E-state index in [0.29, 0.717) is 13.0 Å². The second-order valence-electron chi connectivity index (χ2n) is 4.42. The lowest BCUT2D eigenvalue weighted by molar-refractivity contribution is -0.153. The van der Waals surface area contributed by atoms with Crippen molar-refractivity contribution in [2.75, 3.05) is 13.7 Å². The molecule has 1 atom stereocenters. The Morgan fingerprint density at radius 1 is 1.47 bits per heavy atom. The van der Waals surface area contributed by atoms with Gasteiger partial charge in [-0.1, -0.05) is 6.07 Å². The van der Waals surface area contributed by atoms with Crippen molar-refractivity contribution in [2.45, 2.75) is 25.3 Å². The van der Waals surface area contributed by atoms with Crippen LogP contribution in [0.2, 0.25) is 0 Å². The molecule has 0 aliphatic carbocycles. The Morgan fingerprint density at radius 2 is 2.32 bits per heavy atom. The minimum Gasteiger partial charge on any atom is -0.467 e. The van der Waals surface area contributed by atoms with Gasteiger partial charge in [0.2, 0.25) is 5.91 Å². The third-order valence-corrected chi connectivity index (χ3v) is 4.03. The van der Waals surface area contributed by atoms with Crippen molar-refractivity contribution in [3.8, 4) is 0 Å². The van der Waals surface area contributed by atoms with Crippen LogP contribution in [-0.2, 0) is 14.3 Å². The Kier molecular flexibility index (Phi) is 4.74. The molecule has 1 fully saturated rings. The van der Waals surface area contributed by atoms with E-state index in [1.165, 1.54) is 13.2 Å². The van der Waals surface area contributed by atoms with E-state index in [2.05, 4.69) is 0 Å². The molecule has 2 heterocycles. The first-order chi connectivity index (χ1) is 9.22. The molecular weight excluding hydrogens is 262 g/mol. The van der Waals surface area contributed by atoms with Gasteiger partial charge in [0.1, 0.15) is 6.04 Å². The number of nitrogens with zero attached hydrogens (tertiary/aromatic N) is 1. The molecule has 0 bridgehead atoms. The van der Waals surface area contributed by atoms with Crippen LogP contribution in [0.4, 0.5) is 0 Å². The van der Waals surface area contributed by atoms with E-state index in [1.807, 2.05) is 17.5 Å². The Labute approximate surface area is 116 Å². The fourth-order valence-corrected chi connectivity index (χ4v) is 2.83. The smallest absolute Gasteiger partial charge is 0.328 e. The number of rotatable bonds is 3. The maximum atomic E-state index is 12.2. The molecule has 1 saturated heterocycles. The maximum absolute atomic E-state index is 12.2. The van der Waals surface area contributed by atoms with Crippen molar-refractivity contribution < 1.29 is 14.3 Å². The second-order valence-corrected chi connectivity index (χ2v) is 5.39. The van der Waals surface area contributed by atoms with Crippen LogP contribution in [0.3, 0.4) is 0 Å². The zero-order valence-electron chi connectivity index (χ0n) is 10.9. The maximum Gasteiger partial charge on any atom is 0.328 e. The third-order valence-electron chi connectivity index (χ3n) is 3.19. The average molecular weight is 279 g/mol. The van der Waals surface area contributed by atoms with Gasteiger partial charge in [-0.2, -0.15) is 0 Å². The summed E-state index contributed by atoms with van der Waals surface area (Å²) < 4.78 is 4.77. The lowest BCUT2D eigenvalue weighted by Crippen LogP contribution is -2.47. The van der Waals surface area contributed by atoms with Gasteiger partial charge in [-0.15, -0.1) is 11.3 Å². The number of amides is 1. The minimum absolute atomic E-state index is 0.122. The van der Waals surface area contributed by atoms with Crippen molar-refractivity contribution in [3.05, 3.63) is 28.5 Å². The molecule has 5 heteroatoms. The van der Waals surface area contributed by atoms with E-state index in [0.717, 1.165) is 17.7 Å². The number of thiophene rings is 1. The number of piperidine rings is 1. The Balaban J connectivity index is 2.05. The molecule has 1 aliphatic heterocycles. The van der Waals surface area contributed by atoms with Gasteiger partial charge in [-0.25, -0.2) is 4.79 Å². The van der Waals surface area contributed by atoms with Crippen molar-refractivity contribution in [3.63, 3.8) is 0 Å². The number of carbonyl (C=O) groups excluding carboxylic acids is 2. The fourth-order valence-electron chi connectivity index (χ4n) is 2.21. The van der Waals surface area contributed by atoms with E-state index in [9.17, 15) is 9.59 Å². The lowest BCUT2D eigenvalue weighted by atomic mass is 10.0. The molecule has 0 saturated carbocycles. The molecule has 4 nitrogen and oxygen atoms in total. The molecule has 0 aromatic carbocycles. The quantitative estimate of drug-likeness (QED) is 0.630. The number of carbonyl (C=O) groups is 2. The summed E-state index contributed by atoms with van der Waals surface area (Å²) in [5, 5.41) is 1.96. The summed E-state index contributed by atoms with van der Waals surface area (Å²) in [4.78, 5) is 26.5. The predicted molar refractivity (Wildman–Crippen MR) is 74.7 cm³/mol. The van der Waals surface area contributed by atoms with E-state index in [1.54, 1.807) is 22.3 Å². The summed E-state index contributed by atoms with van der Waals surface area (Å²) in [6.07, 6.45) is 5.90. The lowest BCUT2D eigenvalue weighted by Gasteiger charge is -2.32. The molecule has 1 aromatic heterocycles. The highest BCUT2D eigenvalue weighted by molar-refractivity contribution is 7.10. The van der Waals surface area contributed by atoms with E-state index >= 15 is 0 Å². The molecule has 1 aromatic rings. The largest absolute Gasteiger partial charge is 0.467 e. The van der Waals surface area contributed by atoms with Crippen LogP contribution in [0.15, 0.2) is 23.6 Å². The number of hydrogen-bond acceptors (Lipinski definition) is 4. The van der Waals surface area contributed by atoms with Crippen LogP contribution in [0.1, 0.15) is 24.1 Å². The molecule has 0 radical (unpaired) electrons. The van der Waals surface area contributed by atoms with Gasteiger partial charge in [-0.05, 0) is 36.8 Å². The summed E-state index contributed by atoms with van der Waals surface area (Å²) in [6, 6.07) is 3.45. The first kappa shape index (κ1) is 13.8. The molecule has 1 aliphatic rings. The third kappa shape index (κ3) is 3.44. The zero-order chi connectivity index (χ0) is 13.7. The summed E-state index contributed by atoms with van der Waals surface area (Å²) in [6.45, 7) is 0.618. The fraction of sp³-hybridized carbons (Fsp3) is 0.429. The minimum atomic E-state index is -0.431. The summed E-state index contributed by atoms with van der Waals surface area (Å²) in [5.74, 6) is -0.443. The van der Waals surface area contributed by atoms with Gasteiger partial charge in [0.15, 0.2) is 0 Å². The molecule has 0 spiro atoms. The molecule has 0 unspecified atom stereocenters. The summed E-state index contributed by atoms with van der Waals surface area (Å²) >= 11 is 1.57. The van der Waals surface area contributed by atoms with Gasteiger partial charge < -0.3 is 9.64 Å². The van der Waals surface area contributed by atoms with E-state index < -0.39 is 6.04 Å². The highest BCUT2D eigenvalue weighted by Gasteiger charge is 2.31. The van der Waals surface area contributed by atoms with Crippen LogP contribution in [0.5, 0.6) is 0 Å². The monoisotopic (exact) mass is 279 g/mol. The van der Waals surface area contributed by atoms with Crippen LogP contribution in [-0.4, -0.2) is 36.5 Å². The zero-order valence-corrected chi connectivity index (χ0v) is 11.7. The van der Waals surface area contributed by atoms with Crippen LogP contribution < -0.4 is 0 Å². The molecule has 0 N–H and O–H groups in total. The van der Waals surface area contributed by atoms with Gasteiger partial charge in [0.25, 0.3) is 0 Å². The van der Waals surface area contributed by atoms with E-state index in [-0.39, 0.29) is 11.9 Å². The van der Waals surface area contributed by atoms with Crippen molar-refractivity contribution in [1.82, 2.24) is 4.90 Å². The van der Waals surface area contributed by atoms with Crippen molar-refractivity contribution in [2.24, 2.45) is 0 Å². The van der Waals surface area contributed by atoms with Crippen LogP contribution in [0, 0.1) is 0 Å². The Bertz CT molecular complexity index is 467. The summed E-state index contributed by atoms with van der Waals surface area (Å²) in [5.41, 5.74) is 0. The number of methoxy groups -OCH3 is 1. The number of esters is 1. The SMILES string of the molecule is COC(=O)[C@@H]1CCCCN1C(=O)/C=C/c1cccs1. The summed E-state index contributed by atoms with van der Waals surface area (Å²) in [7, 11) is 1.36. The van der Waals surface area contributed by atoms with Gasteiger partial charge >= 0.3 is 5.97 Å². The molecule has 19 heavy (non-hydrogen) atoms. The normalized spacial score (nSPS) is 19.6. The van der Waals surface area contributed by atoms with Crippen LogP contribution in [0.25, 0.3) is 6.08 Å². The van der Waals surface area contributed by atoms with Crippen molar-refractivity contribution >= 4 is 29.3 Å². The average Bonchev–Trinajstić information content (AvgIpc) is 2.97. The van der Waals surface area contributed by atoms with Crippen molar-refractivity contribution in [1.29, 1.82) is 0 Å². The molecular formula is C14H17NO3S. The number of hydrogen-bond donors (Lipinski definition) is 0. The van der Waals surface area contributed by atoms with Gasteiger partial charge in [-0.3, -0.25) is 4.79 Å². The Hall–Kier alpha value is -1.62. The first-order valence-corrected chi connectivity index (χ1v) is 7.20. The Morgan fingerprint density at radius 3 is 3.00 bits per heavy atom. The second kappa shape index (κ2) is 6.52. The highest BCUT2D eigenvalue weighted by Crippen LogP contribution is 2.19. The molecule has 102 valence electrons. The first-order valence-electron chi connectivity index (χ1n) is 6.32. The molecule has 1 amide bonds. The predicted octanol–water partition coefficient (Wildman–Crippen LogP) is 2.32. The molecule has 2 rings (SSSR count). The highest BCUT2D eigenvalue weighted by atomic mass is 32.1.